The van der Waals surface area contributed by atoms with E-state index in [1.807, 2.05) is 25.7 Å². The van der Waals surface area contributed by atoms with Crippen molar-refractivity contribution in [3.8, 4) is 0 Å². The van der Waals surface area contributed by atoms with Crippen LogP contribution in [0.3, 0.4) is 0 Å². The van der Waals surface area contributed by atoms with Crippen molar-refractivity contribution in [3.63, 3.8) is 0 Å². The zero-order valence-electron chi connectivity index (χ0n) is 14.5. The molecular weight excluding hydrogens is 388 g/mol. The van der Waals surface area contributed by atoms with Gasteiger partial charge in [0.25, 0.3) is 0 Å². The van der Waals surface area contributed by atoms with Gasteiger partial charge in [0.2, 0.25) is 0 Å². The fourth-order valence-corrected chi connectivity index (χ4v) is 4.53. The average Bonchev–Trinajstić information content (AvgIpc) is 2.84. The van der Waals surface area contributed by atoms with Crippen LogP contribution in [-0.4, -0.2) is 28.1 Å². The van der Waals surface area contributed by atoms with Crippen LogP contribution >= 0.6 is 27.3 Å². The SMILES string of the molecule is C[C@H]1CCC(c2ccc3sc(Br)nc3c2)N(C(=O)OC(C)(C)C)C1. The number of rotatable bonds is 1. The monoisotopic (exact) mass is 410 g/mol. The summed E-state index contributed by atoms with van der Waals surface area (Å²) in [5, 5.41) is 0. The first-order valence-electron chi connectivity index (χ1n) is 8.28. The molecule has 1 aliphatic rings. The lowest BCUT2D eigenvalue weighted by Crippen LogP contribution is -2.44. The molecule has 0 bridgehead atoms. The van der Waals surface area contributed by atoms with Gasteiger partial charge in [0, 0.05) is 6.54 Å². The van der Waals surface area contributed by atoms with Crippen molar-refractivity contribution in [3.05, 3.63) is 27.7 Å². The molecule has 0 saturated carbocycles. The van der Waals surface area contributed by atoms with Gasteiger partial charge in [-0.05, 0) is 73.2 Å². The largest absolute Gasteiger partial charge is 0.444 e. The van der Waals surface area contributed by atoms with E-state index in [1.165, 1.54) is 0 Å². The smallest absolute Gasteiger partial charge is 0.410 e. The Morgan fingerprint density at radius 2 is 2.12 bits per heavy atom. The number of hydrogen-bond donors (Lipinski definition) is 0. The number of piperidine rings is 1. The number of aromatic nitrogens is 1. The van der Waals surface area contributed by atoms with Crippen LogP contribution in [-0.2, 0) is 4.74 Å². The summed E-state index contributed by atoms with van der Waals surface area (Å²) in [5.74, 6) is 0.492. The number of fused-ring (bicyclic) bond motifs is 1. The van der Waals surface area contributed by atoms with Gasteiger partial charge in [0.1, 0.15) is 5.60 Å². The molecule has 130 valence electrons. The molecule has 2 heterocycles. The number of amides is 1. The van der Waals surface area contributed by atoms with E-state index < -0.39 is 5.60 Å². The van der Waals surface area contributed by atoms with Crippen molar-refractivity contribution in [2.75, 3.05) is 6.54 Å². The van der Waals surface area contributed by atoms with Gasteiger partial charge in [-0.2, -0.15) is 0 Å². The second kappa shape index (κ2) is 6.64. The quantitative estimate of drug-likeness (QED) is 0.599. The highest BCUT2D eigenvalue weighted by Gasteiger charge is 2.34. The van der Waals surface area contributed by atoms with Crippen molar-refractivity contribution in [2.24, 2.45) is 5.92 Å². The van der Waals surface area contributed by atoms with Gasteiger partial charge in [0.15, 0.2) is 3.92 Å². The predicted octanol–water partition coefficient (Wildman–Crippen LogP) is 5.77. The van der Waals surface area contributed by atoms with Crippen LogP contribution in [0.2, 0.25) is 0 Å². The Bertz CT molecular complexity index is 753. The summed E-state index contributed by atoms with van der Waals surface area (Å²) in [6, 6.07) is 6.37. The number of nitrogens with zero attached hydrogens (tertiary/aromatic N) is 2. The maximum Gasteiger partial charge on any atom is 0.410 e. The van der Waals surface area contributed by atoms with Gasteiger partial charge in [-0.25, -0.2) is 9.78 Å². The number of likely N-dealkylation sites (tertiary alicyclic amines) is 1. The first kappa shape index (κ1) is 17.7. The lowest BCUT2D eigenvalue weighted by Gasteiger charge is -2.39. The molecule has 24 heavy (non-hydrogen) atoms. The predicted molar refractivity (Wildman–Crippen MR) is 101 cm³/mol. The Morgan fingerprint density at radius 1 is 1.38 bits per heavy atom. The minimum Gasteiger partial charge on any atom is -0.444 e. The zero-order valence-corrected chi connectivity index (χ0v) is 16.9. The molecule has 2 atom stereocenters. The molecule has 4 nitrogen and oxygen atoms in total. The van der Waals surface area contributed by atoms with E-state index in [4.69, 9.17) is 4.74 Å². The molecule has 1 saturated heterocycles. The van der Waals surface area contributed by atoms with Gasteiger partial charge >= 0.3 is 6.09 Å². The molecule has 1 unspecified atom stereocenters. The van der Waals surface area contributed by atoms with Crippen molar-refractivity contribution in [2.45, 2.75) is 52.2 Å². The second-order valence-electron chi connectivity index (χ2n) is 7.53. The van der Waals surface area contributed by atoms with Crippen LogP contribution < -0.4 is 0 Å². The van der Waals surface area contributed by atoms with E-state index in [9.17, 15) is 4.79 Å². The number of benzene rings is 1. The highest BCUT2D eigenvalue weighted by molar-refractivity contribution is 9.11. The number of ether oxygens (including phenoxy) is 1. The molecule has 1 aliphatic heterocycles. The first-order valence-corrected chi connectivity index (χ1v) is 9.89. The Balaban J connectivity index is 1.90. The van der Waals surface area contributed by atoms with Crippen LogP contribution in [0.15, 0.2) is 22.1 Å². The van der Waals surface area contributed by atoms with Gasteiger partial charge in [-0.1, -0.05) is 13.0 Å². The van der Waals surface area contributed by atoms with E-state index >= 15 is 0 Å². The molecule has 3 rings (SSSR count). The highest BCUT2D eigenvalue weighted by Crippen LogP contribution is 2.36. The molecule has 1 amide bonds. The molecule has 0 aliphatic carbocycles. The first-order chi connectivity index (χ1) is 11.2. The minimum atomic E-state index is -0.480. The van der Waals surface area contributed by atoms with Crippen molar-refractivity contribution >= 4 is 43.6 Å². The minimum absolute atomic E-state index is 0.0564. The van der Waals surface area contributed by atoms with E-state index in [2.05, 4.69) is 46.0 Å². The number of hydrogen-bond acceptors (Lipinski definition) is 4. The molecule has 1 fully saturated rings. The molecule has 6 heteroatoms. The summed E-state index contributed by atoms with van der Waals surface area (Å²) in [7, 11) is 0. The molecular formula is C18H23BrN2O2S. The Labute approximate surface area is 155 Å². The zero-order chi connectivity index (χ0) is 17.5. The number of halogens is 1. The van der Waals surface area contributed by atoms with Crippen molar-refractivity contribution in [1.82, 2.24) is 9.88 Å². The number of carbonyl (C=O) groups excluding carboxylic acids is 1. The van der Waals surface area contributed by atoms with Crippen LogP contribution in [0, 0.1) is 5.92 Å². The Hall–Kier alpha value is -1.14. The van der Waals surface area contributed by atoms with Crippen LogP contribution in [0.25, 0.3) is 10.2 Å². The lowest BCUT2D eigenvalue weighted by atomic mass is 9.90. The van der Waals surface area contributed by atoms with Crippen LogP contribution in [0.4, 0.5) is 4.79 Å². The summed E-state index contributed by atoms with van der Waals surface area (Å²) in [4.78, 5) is 19.1. The van der Waals surface area contributed by atoms with Crippen molar-refractivity contribution < 1.29 is 9.53 Å². The molecule has 0 radical (unpaired) electrons. The Kier molecular flexibility index (Phi) is 4.89. The third kappa shape index (κ3) is 3.91. The summed E-state index contributed by atoms with van der Waals surface area (Å²) in [6.45, 7) is 8.65. The van der Waals surface area contributed by atoms with Crippen molar-refractivity contribution in [1.29, 1.82) is 0 Å². The maximum absolute atomic E-state index is 12.7. The van der Waals surface area contributed by atoms with Crippen LogP contribution in [0.1, 0.15) is 52.1 Å². The van der Waals surface area contributed by atoms with Gasteiger partial charge in [-0.15, -0.1) is 11.3 Å². The Morgan fingerprint density at radius 3 is 2.83 bits per heavy atom. The number of thiazole rings is 1. The fourth-order valence-electron chi connectivity index (χ4n) is 3.15. The van der Waals surface area contributed by atoms with Gasteiger partial charge in [0.05, 0.1) is 16.3 Å². The summed E-state index contributed by atoms with van der Waals surface area (Å²) < 4.78 is 7.67. The molecule has 2 aromatic rings. The lowest BCUT2D eigenvalue weighted by molar-refractivity contribution is 0.00365. The van der Waals surface area contributed by atoms with E-state index in [-0.39, 0.29) is 12.1 Å². The number of carbonyl (C=O) groups is 1. The van der Waals surface area contributed by atoms with E-state index in [0.717, 1.165) is 39.1 Å². The van der Waals surface area contributed by atoms with Crippen LogP contribution in [0.5, 0.6) is 0 Å². The molecule has 0 spiro atoms. The normalized spacial score (nSPS) is 22.0. The molecule has 1 aromatic carbocycles. The second-order valence-corrected chi connectivity index (χ2v) is 9.83. The molecule has 1 aromatic heterocycles. The summed E-state index contributed by atoms with van der Waals surface area (Å²) >= 11 is 5.07. The highest BCUT2D eigenvalue weighted by atomic mass is 79.9. The van der Waals surface area contributed by atoms with E-state index in [1.54, 1.807) is 11.3 Å². The third-order valence-electron chi connectivity index (χ3n) is 4.22. The fraction of sp³-hybridized carbons (Fsp3) is 0.556. The maximum atomic E-state index is 12.7. The summed E-state index contributed by atoms with van der Waals surface area (Å²) in [5.41, 5.74) is 1.64. The van der Waals surface area contributed by atoms with Gasteiger partial charge < -0.3 is 9.64 Å². The standard InChI is InChI=1S/C18H23BrN2O2S/c1-11-5-7-14(21(10-11)17(22)23-18(2,3)4)12-6-8-15-13(9-12)20-16(19)24-15/h6,8-9,11,14H,5,7,10H2,1-4H3/t11-,14?/m0/s1. The summed E-state index contributed by atoms with van der Waals surface area (Å²) in [6.07, 6.45) is 1.85. The van der Waals surface area contributed by atoms with Gasteiger partial charge in [-0.3, -0.25) is 0 Å². The molecule has 0 N–H and O–H groups in total. The third-order valence-corrected chi connectivity index (χ3v) is 5.70. The topological polar surface area (TPSA) is 42.4 Å². The van der Waals surface area contributed by atoms with E-state index in [0.29, 0.717) is 5.92 Å². The average molecular weight is 411 g/mol.